The van der Waals surface area contributed by atoms with E-state index in [4.69, 9.17) is 0 Å². The molecule has 2 unspecified atom stereocenters. The summed E-state index contributed by atoms with van der Waals surface area (Å²) in [5, 5.41) is 0.863. The van der Waals surface area contributed by atoms with Crippen LogP contribution in [0.2, 0.25) is 0 Å². The Bertz CT molecular complexity index is 435. The van der Waals surface area contributed by atoms with Crippen LogP contribution in [-0.4, -0.2) is 24.6 Å². The Labute approximate surface area is 164 Å². The first-order chi connectivity index (χ1) is 12.3. The first-order valence-electron chi connectivity index (χ1n) is 10.6. The molecule has 25 heavy (non-hydrogen) atoms. The van der Waals surface area contributed by atoms with Gasteiger partial charge in [0.05, 0.1) is 10.4 Å². The molecule has 0 amide bonds. The fourth-order valence-corrected chi connectivity index (χ4v) is 7.59. The smallest absolute Gasteiger partial charge is 0.0946 e. The molecule has 0 N–H and O–H groups in total. The van der Waals surface area contributed by atoms with Gasteiger partial charge in [-0.25, -0.2) is 4.98 Å². The van der Waals surface area contributed by atoms with E-state index in [1.165, 1.54) is 82.8 Å². The number of unbranched alkanes of at least 4 members (excludes halogenated alkanes) is 8. The van der Waals surface area contributed by atoms with Gasteiger partial charge in [-0.3, -0.25) is 0 Å². The van der Waals surface area contributed by atoms with Crippen LogP contribution < -0.4 is 0 Å². The fourth-order valence-electron chi connectivity index (χ4n) is 3.67. The van der Waals surface area contributed by atoms with Crippen LogP contribution in [0, 0.1) is 0 Å². The number of hydrogen-bond donors (Lipinski definition) is 0. The molecule has 2 heterocycles. The minimum atomic E-state index is 0.390. The highest BCUT2D eigenvalue weighted by Gasteiger charge is 2.40. The third kappa shape index (κ3) is 7.99. The maximum absolute atomic E-state index is 4.25. The van der Waals surface area contributed by atoms with Gasteiger partial charge in [-0.2, -0.15) is 0 Å². The average molecular weight is 383 g/mol. The first-order valence-corrected chi connectivity index (χ1v) is 12.4. The molecule has 0 bridgehead atoms. The number of nitrogens with zero attached hydrogens (tertiary/aromatic N) is 2. The van der Waals surface area contributed by atoms with Crippen LogP contribution in [0.4, 0.5) is 0 Å². The molecule has 2 atom stereocenters. The minimum absolute atomic E-state index is 0.390. The highest BCUT2D eigenvalue weighted by molar-refractivity contribution is 8.21. The summed E-state index contributed by atoms with van der Waals surface area (Å²) >= 11 is 4.52. The zero-order valence-corrected chi connectivity index (χ0v) is 18.1. The van der Waals surface area contributed by atoms with Gasteiger partial charge < -0.3 is 4.57 Å². The lowest BCUT2D eigenvalue weighted by Gasteiger charge is -2.28. The van der Waals surface area contributed by atoms with Crippen molar-refractivity contribution in [3.8, 4) is 0 Å². The molecular weight excluding hydrogens is 344 g/mol. The lowest BCUT2D eigenvalue weighted by atomic mass is 10.1. The molecule has 1 aromatic heterocycles. The Kier molecular flexibility index (Phi) is 10.5. The van der Waals surface area contributed by atoms with Crippen LogP contribution in [0.1, 0.15) is 90.9 Å². The van der Waals surface area contributed by atoms with E-state index in [-0.39, 0.29) is 0 Å². The highest BCUT2D eigenvalue weighted by Crippen LogP contribution is 2.53. The fraction of sp³-hybridized carbons (Fsp3) is 0.857. The Balaban J connectivity index is 1.74. The van der Waals surface area contributed by atoms with Crippen LogP contribution in [0.25, 0.3) is 0 Å². The Morgan fingerprint density at radius 2 is 1.72 bits per heavy atom. The zero-order valence-electron chi connectivity index (χ0n) is 16.4. The van der Waals surface area contributed by atoms with Gasteiger partial charge in [-0.05, 0) is 12.8 Å². The normalized spacial score (nSPS) is 23.4. The van der Waals surface area contributed by atoms with E-state index < -0.39 is 0 Å². The SMILES string of the molecule is CCCCCCCCCCC1(Cn2ccnc2)SCC(CCCC)S1. The predicted octanol–water partition coefficient (Wildman–Crippen LogP) is 7.15. The van der Waals surface area contributed by atoms with Crippen LogP contribution in [0.3, 0.4) is 0 Å². The molecule has 0 spiro atoms. The van der Waals surface area contributed by atoms with Gasteiger partial charge in [0.15, 0.2) is 0 Å². The molecule has 4 heteroatoms. The summed E-state index contributed by atoms with van der Waals surface area (Å²) < 4.78 is 2.69. The first kappa shape index (κ1) is 21.2. The molecule has 1 saturated heterocycles. The van der Waals surface area contributed by atoms with Crippen molar-refractivity contribution in [2.45, 2.75) is 107 Å². The third-order valence-electron chi connectivity index (χ3n) is 5.19. The Hall–Kier alpha value is -0.0900. The van der Waals surface area contributed by atoms with E-state index in [1.54, 1.807) is 0 Å². The van der Waals surface area contributed by atoms with Crippen molar-refractivity contribution in [3.05, 3.63) is 18.7 Å². The van der Waals surface area contributed by atoms with Crippen molar-refractivity contribution in [2.24, 2.45) is 0 Å². The lowest BCUT2D eigenvalue weighted by Crippen LogP contribution is -2.24. The van der Waals surface area contributed by atoms with Crippen LogP contribution in [0.5, 0.6) is 0 Å². The average Bonchev–Trinajstić information content (AvgIpc) is 3.26. The second-order valence-corrected chi connectivity index (χ2v) is 10.9. The molecule has 1 fully saturated rings. The monoisotopic (exact) mass is 382 g/mol. The van der Waals surface area contributed by atoms with Crippen molar-refractivity contribution in [1.29, 1.82) is 0 Å². The van der Waals surface area contributed by atoms with Gasteiger partial charge in [0.2, 0.25) is 0 Å². The molecule has 0 aromatic carbocycles. The van der Waals surface area contributed by atoms with E-state index in [1.807, 2.05) is 12.5 Å². The van der Waals surface area contributed by atoms with E-state index >= 15 is 0 Å². The second kappa shape index (κ2) is 12.3. The quantitative estimate of drug-likeness (QED) is 0.318. The molecule has 144 valence electrons. The van der Waals surface area contributed by atoms with Gasteiger partial charge in [0, 0.05) is 29.9 Å². The van der Waals surface area contributed by atoms with Crippen molar-refractivity contribution in [2.75, 3.05) is 5.75 Å². The van der Waals surface area contributed by atoms with Crippen LogP contribution in [0.15, 0.2) is 18.7 Å². The summed E-state index contributed by atoms with van der Waals surface area (Å²) in [7, 11) is 0. The maximum Gasteiger partial charge on any atom is 0.0946 e. The number of hydrogen-bond acceptors (Lipinski definition) is 3. The van der Waals surface area contributed by atoms with E-state index in [2.05, 4.69) is 53.1 Å². The second-order valence-electron chi connectivity index (χ2n) is 7.56. The number of rotatable bonds is 14. The molecule has 2 rings (SSSR count). The van der Waals surface area contributed by atoms with Gasteiger partial charge in [-0.15, -0.1) is 23.5 Å². The van der Waals surface area contributed by atoms with E-state index in [0.29, 0.717) is 4.08 Å². The number of imidazole rings is 1. The van der Waals surface area contributed by atoms with Gasteiger partial charge in [-0.1, -0.05) is 78.1 Å². The highest BCUT2D eigenvalue weighted by atomic mass is 32.2. The number of aromatic nitrogens is 2. The molecule has 0 saturated carbocycles. The third-order valence-corrected chi connectivity index (χ3v) is 8.97. The van der Waals surface area contributed by atoms with Gasteiger partial charge in [0.1, 0.15) is 0 Å². The molecule has 0 radical (unpaired) electrons. The van der Waals surface area contributed by atoms with Gasteiger partial charge >= 0.3 is 0 Å². The summed E-state index contributed by atoms with van der Waals surface area (Å²) in [4.78, 5) is 4.25. The lowest BCUT2D eigenvalue weighted by molar-refractivity contribution is 0.526. The van der Waals surface area contributed by atoms with Crippen molar-refractivity contribution >= 4 is 23.5 Å². The largest absolute Gasteiger partial charge is 0.335 e. The summed E-state index contributed by atoms with van der Waals surface area (Å²) in [5.41, 5.74) is 0. The number of thioether (sulfide) groups is 2. The topological polar surface area (TPSA) is 17.8 Å². The molecule has 1 aromatic rings. The van der Waals surface area contributed by atoms with E-state index in [9.17, 15) is 0 Å². The van der Waals surface area contributed by atoms with Crippen LogP contribution >= 0.6 is 23.5 Å². The van der Waals surface area contributed by atoms with E-state index in [0.717, 1.165) is 11.8 Å². The minimum Gasteiger partial charge on any atom is -0.335 e. The summed E-state index contributed by atoms with van der Waals surface area (Å²) in [6.45, 7) is 5.73. The molecule has 0 aliphatic carbocycles. The molecular formula is C21H38N2S2. The predicted molar refractivity (Wildman–Crippen MR) is 116 cm³/mol. The van der Waals surface area contributed by atoms with Crippen LogP contribution in [-0.2, 0) is 6.54 Å². The summed E-state index contributed by atoms with van der Waals surface area (Å²) in [5.74, 6) is 1.34. The Morgan fingerprint density at radius 1 is 1.00 bits per heavy atom. The van der Waals surface area contributed by atoms with Crippen molar-refractivity contribution in [1.82, 2.24) is 9.55 Å². The zero-order chi connectivity index (χ0) is 17.8. The molecule has 1 aliphatic heterocycles. The van der Waals surface area contributed by atoms with Gasteiger partial charge in [0.25, 0.3) is 0 Å². The summed E-state index contributed by atoms with van der Waals surface area (Å²) in [6, 6.07) is 0. The standard InChI is InChI=1S/C21H38N2S2/c1-3-5-7-8-9-10-11-12-14-21(18-23-16-15-22-19-23)24-17-20(25-21)13-6-4-2/h15-16,19-20H,3-14,17-18H2,1-2H3. The molecule has 2 nitrogen and oxygen atoms in total. The maximum atomic E-state index is 4.25. The Morgan fingerprint density at radius 3 is 2.40 bits per heavy atom. The summed E-state index contributed by atoms with van der Waals surface area (Å²) in [6.07, 6.45) is 22.8. The van der Waals surface area contributed by atoms with Crippen molar-refractivity contribution in [3.63, 3.8) is 0 Å². The van der Waals surface area contributed by atoms with Crippen molar-refractivity contribution < 1.29 is 0 Å². The molecule has 1 aliphatic rings.